The molecule has 0 aliphatic carbocycles. The van der Waals surface area contributed by atoms with Crippen molar-refractivity contribution in [1.29, 1.82) is 0 Å². The predicted octanol–water partition coefficient (Wildman–Crippen LogP) is 4.12. The van der Waals surface area contributed by atoms with Gasteiger partial charge in [-0.2, -0.15) is 4.98 Å². The number of likely N-dealkylation sites (N-methyl/N-ethyl adjacent to an activating group) is 1. The Hall–Kier alpha value is -3.94. The minimum atomic E-state index is -0.214. The third kappa shape index (κ3) is 4.39. The molecule has 0 fully saturated rings. The van der Waals surface area contributed by atoms with Gasteiger partial charge in [0.05, 0.1) is 0 Å². The molecule has 8 heteroatoms. The lowest BCUT2D eigenvalue weighted by Gasteiger charge is -2.19. The van der Waals surface area contributed by atoms with Crippen molar-refractivity contribution >= 4 is 28.4 Å². The number of aromatic nitrogens is 3. The summed E-state index contributed by atoms with van der Waals surface area (Å²) in [5, 5.41) is 7.66. The Bertz CT molecular complexity index is 1250. The number of hydrogen-bond acceptors (Lipinski definition) is 5. The van der Waals surface area contributed by atoms with Crippen LogP contribution in [0, 0.1) is 6.92 Å². The highest BCUT2D eigenvalue weighted by molar-refractivity contribution is 6.05. The molecular weight excluding hydrogens is 406 g/mol. The first-order chi connectivity index (χ1) is 15.5. The van der Waals surface area contributed by atoms with Gasteiger partial charge in [-0.3, -0.25) is 9.59 Å². The van der Waals surface area contributed by atoms with Gasteiger partial charge >= 0.3 is 0 Å². The van der Waals surface area contributed by atoms with E-state index in [1.807, 2.05) is 53.8 Å². The van der Waals surface area contributed by atoms with E-state index in [2.05, 4.69) is 15.5 Å². The van der Waals surface area contributed by atoms with Crippen LogP contribution >= 0.6 is 0 Å². The number of anilines is 1. The van der Waals surface area contributed by atoms with E-state index in [0.29, 0.717) is 42.6 Å². The van der Waals surface area contributed by atoms with Crippen LogP contribution in [0.3, 0.4) is 0 Å². The first-order valence-corrected chi connectivity index (χ1v) is 10.6. The summed E-state index contributed by atoms with van der Waals surface area (Å²) in [5.41, 5.74) is 2.91. The van der Waals surface area contributed by atoms with E-state index < -0.39 is 0 Å². The zero-order valence-corrected chi connectivity index (χ0v) is 18.3. The SMILES string of the molecule is CCN(CC)C(=O)Cn1ccc2cc(NC(=O)c3ccc(-c4nc(C)no4)cc3)ccc21. The molecule has 0 unspecified atom stereocenters. The van der Waals surface area contributed by atoms with Crippen LogP contribution in [0.1, 0.15) is 30.0 Å². The van der Waals surface area contributed by atoms with Gasteiger partial charge in [0, 0.05) is 47.0 Å². The van der Waals surface area contributed by atoms with Crippen LogP contribution in [-0.2, 0) is 11.3 Å². The highest BCUT2D eigenvalue weighted by atomic mass is 16.5. The number of carbonyl (C=O) groups excluding carboxylic acids is 2. The van der Waals surface area contributed by atoms with Crippen molar-refractivity contribution in [2.24, 2.45) is 0 Å². The van der Waals surface area contributed by atoms with Crippen molar-refractivity contribution in [2.45, 2.75) is 27.3 Å². The number of nitrogens with zero attached hydrogens (tertiary/aromatic N) is 4. The van der Waals surface area contributed by atoms with Gasteiger partial charge in [-0.05, 0) is 69.3 Å². The summed E-state index contributed by atoms with van der Waals surface area (Å²) in [6.45, 7) is 7.39. The second-order valence-corrected chi connectivity index (χ2v) is 7.46. The summed E-state index contributed by atoms with van der Waals surface area (Å²) in [4.78, 5) is 31.1. The van der Waals surface area contributed by atoms with Gasteiger partial charge in [0.25, 0.3) is 11.8 Å². The second-order valence-electron chi connectivity index (χ2n) is 7.46. The van der Waals surface area contributed by atoms with Crippen LogP contribution < -0.4 is 5.32 Å². The molecule has 2 heterocycles. The summed E-state index contributed by atoms with van der Waals surface area (Å²) in [6, 6.07) is 14.6. The number of aryl methyl sites for hydroxylation is 1. The molecule has 0 aliphatic rings. The van der Waals surface area contributed by atoms with Gasteiger partial charge in [-0.15, -0.1) is 0 Å². The van der Waals surface area contributed by atoms with E-state index in [0.717, 1.165) is 16.5 Å². The Balaban J connectivity index is 1.46. The molecule has 0 saturated heterocycles. The molecule has 2 aromatic heterocycles. The van der Waals surface area contributed by atoms with Crippen molar-refractivity contribution in [1.82, 2.24) is 19.6 Å². The Morgan fingerprint density at radius 1 is 1.06 bits per heavy atom. The lowest BCUT2D eigenvalue weighted by atomic mass is 10.1. The van der Waals surface area contributed by atoms with Crippen LogP contribution in [0.15, 0.2) is 59.3 Å². The van der Waals surface area contributed by atoms with Gasteiger partial charge in [-0.25, -0.2) is 0 Å². The lowest BCUT2D eigenvalue weighted by molar-refractivity contribution is -0.131. The van der Waals surface area contributed by atoms with E-state index >= 15 is 0 Å². The monoisotopic (exact) mass is 431 g/mol. The molecule has 0 spiro atoms. The standard InChI is InChI=1S/C24H25N5O3/c1-4-28(5-2)22(30)15-29-13-12-19-14-20(10-11-21(19)29)26-23(31)17-6-8-18(9-7-17)24-25-16(3)27-32-24/h6-14H,4-5,15H2,1-3H3,(H,26,31). The number of nitrogens with one attached hydrogen (secondary N) is 1. The highest BCUT2D eigenvalue weighted by Crippen LogP contribution is 2.22. The molecule has 0 aliphatic heterocycles. The van der Waals surface area contributed by atoms with Crippen LogP contribution in [0.2, 0.25) is 0 Å². The van der Waals surface area contributed by atoms with E-state index in [-0.39, 0.29) is 11.8 Å². The van der Waals surface area contributed by atoms with Crippen LogP contribution in [0.25, 0.3) is 22.4 Å². The summed E-state index contributed by atoms with van der Waals surface area (Å²) in [5.74, 6) is 0.852. The third-order valence-corrected chi connectivity index (χ3v) is 5.37. The molecule has 4 aromatic rings. The van der Waals surface area contributed by atoms with E-state index in [4.69, 9.17) is 4.52 Å². The van der Waals surface area contributed by atoms with E-state index in [9.17, 15) is 9.59 Å². The molecule has 0 bridgehead atoms. The number of carbonyl (C=O) groups is 2. The van der Waals surface area contributed by atoms with Gasteiger partial charge in [-0.1, -0.05) is 5.16 Å². The predicted molar refractivity (Wildman–Crippen MR) is 122 cm³/mol. The number of fused-ring (bicyclic) bond motifs is 1. The second kappa shape index (κ2) is 9.05. The molecule has 8 nitrogen and oxygen atoms in total. The first kappa shape index (κ1) is 21.3. The maximum atomic E-state index is 12.7. The number of benzene rings is 2. The molecule has 32 heavy (non-hydrogen) atoms. The molecule has 1 N–H and O–H groups in total. The average Bonchev–Trinajstić information content (AvgIpc) is 3.41. The summed E-state index contributed by atoms with van der Waals surface area (Å²) >= 11 is 0. The average molecular weight is 431 g/mol. The van der Waals surface area contributed by atoms with Crippen molar-refractivity contribution < 1.29 is 14.1 Å². The number of hydrogen-bond donors (Lipinski definition) is 1. The van der Waals surface area contributed by atoms with E-state index in [1.54, 1.807) is 31.2 Å². The Morgan fingerprint density at radius 3 is 2.47 bits per heavy atom. The topological polar surface area (TPSA) is 93.3 Å². The van der Waals surface area contributed by atoms with Crippen molar-refractivity contribution in [3.05, 3.63) is 66.1 Å². The fourth-order valence-electron chi connectivity index (χ4n) is 3.62. The first-order valence-electron chi connectivity index (χ1n) is 10.6. The third-order valence-electron chi connectivity index (χ3n) is 5.37. The zero-order chi connectivity index (χ0) is 22.7. The molecule has 0 atom stereocenters. The number of rotatable bonds is 7. The summed E-state index contributed by atoms with van der Waals surface area (Å²) < 4.78 is 7.08. The van der Waals surface area contributed by atoms with E-state index in [1.165, 1.54) is 0 Å². The Kier molecular flexibility index (Phi) is 6.02. The maximum absolute atomic E-state index is 12.7. The fraction of sp³-hybridized carbons (Fsp3) is 0.250. The maximum Gasteiger partial charge on any atom is 0.257 e. The number of amides is 2. The smallest absolute Gasteiger partial charge is 0.257 e. The highest BCUT2D eigenvalue weighted by Gasteiger charge is 2.13. The van der Waals surface area contributed by atoms with Crippen molar-refractivity contribution in [2.75, 3.05) is 18.4 Å². The minimum absolute atomic E-state index is 0.0871. The lowest BCUT2D eigenvalue weighted by Crippen LogP contribution is -2.33. The molecule has 2 aromatic carbocycles. The quantitative estimate of drug-likeness (QED) is 0.475. The van der Waals surface area contributed by atoms with Crippen LogP contribution in [-0.4, -0.2) is 44.5 Å². The molecule has 0 radical (unpaired) electrons. The summed E-state index contributed by atoms with van der Waals surface area (Å²) in [7, 11) is 0. The van der Waals surface area contributed by atoms with Crippen LogP contribution in [0.4, 0.5) is 5.69 Å². The van der Waals surface area contributed by atoms with Crippen molar-refractivity contribution in [3.8, 4) is 11.5 Å². The van der Waals surface area contributed by atoms with Gasteiger partial charge in [0.2, 0.25) is 5.91 Å². The van der Waals surface area contributed by atoms with Crippen LogP contribution in [0.5, 0.6) is 0 Å². The molecule has 0 saturated carbocycles. The molecule has 2 amide bonds. The Labute approximate surface area is 185 Å². The summed E-state index contributed by atoms with van der Waals surface area (Å²) in [6.07, 6.45) is 1.90. The fourth-order valence-corrected chi connectivity index (χ4v) is 3.62. The van der Waals surface area contributed by atoms with Gasteiger partial charge < -0.3 is 19.3 Å². The largest absolute Gasteiger partial charge is 0.342 e. The normalized spacial score (nSPS) is 11.0. The van der Waals surface area contributed by atoms with Crippen molar-refractivity contribution in [3.63, 3.8) is 0 Å². The molecule has 4 rings (SSSR count). The van der Waals surface area contributed by atoms with Gasteiger partial charge in [0.1, 0.15) is 6.54 Å². The molecular formula is C24H25N5O3. The Morgan fingerprint density at radius 2 is 1.81 bits per heavy atom. The minimum Gasteiger partial charge on any atom is -0.342 e. The zero-order valence-electron chi connectivity index (χ0n) is 18.3. The van der Waals surface area contributed by atoms with Gasteiger partial charge in [0.15, 0.2) is 5.82 Å². The molecule has 164 valence electrons.